The molecule has 2 fully saturated rings. The fourth-order valence-electron chi connectivity index (χ4n) is 4.75. The molecule has 2 aliphatic rings. The lowest BCUT2D eigenvalue weighted by atomic mass is 10.2. The molecule has 2 atom stereocenters. The number of hydrogen-bond donors (Lipinski definition) is 2. The lowest BCUT2D eigenvalue weighted by Crippen LogP contribution is -2.46. The lowest BCUT2D eigenvalue weighted by Gasteiger charge is -2.26. The third-order valence-electron chi connectivity index (χ3n) is 6.46. The highest BCUT2D eigenvalue weighted by molar-refractivity contribution is 14.0. The van der Waals surface area contributed by atoms with Crippen LogP contribution in [0.3, 0.4) is 0 Å². The van der Waals surface area contributed by atoms with Gasteiger partial charge in [0, 0.05) is 53.4 Å². The van der Waals surface area contributed by atoms with E-state index in [0.717, 1.165) is 64.5 Å². The van der Waals surface area contributed by atoms with Gasteiger partial charge in [-0.1, -0.05) is 30.3 Å². The van der Waals surface area contributed by atoms with Gasteiger partial charge >= 0.3 is 0 Å². The van der Waals surface area contributed by atoms with Crippen LogP contribution in [0.2, 0.25) is 0 Å². The third kappa shape index (κ3) is 7.88. The summed E-state index contributed by atoms with van der Waals surface area (Å²) in [7, 11) is 5.53. The number of likely N-dealkylation sites (N-methyl/N-ethyl adjacent to an activating group) is 1. The second-order valence-electron chi connectivity index (χ2n) is 8.91. The monoisotopic (exact) mass is 556 g/mol. The quantitative estimate of drug-likeness (QED) is 0.212. The number of aliphatic imine (C=N–C) groups is 1. The Labute approximate surface area is 211 Å². The molecule has 3 rings (SSSR count). The van der Waals surface area contributed by atoms with Crippen LogP contribution in [0, 0.1) is 0 Å². The van der Waals surface area contributed by atoms with E-state index in [9.17, 15) is 4.79 Å². The highest BCUT2D eigenvalue weighted by atomic mass is 127. The van der Waals surface area contributed by atoms with Gasteiger partial charge in [-0.25, -0.2) is 0 Å². The van der Waals surface area contributed by atoms with Crippen molar-refractivity contribution in [2.75, 3.05) is 53.9 Å². The molecule has 2 N–H and O–H groups in total. The van der Waals surface area contributed by atoms with Gasteiger partial charge in [0.1, 0.15) is 0 Å². The minimum absolute atomic E-state index is 0. The van der Waals surface area contributed by atoms with Gasteiger partial charge < -0.3 is 15.5 Å². The average molecular weight is 557 g/mol. The number of carbonyl (C=O) groups is 1. The van der Waals surface area contributed by atoms with Crippen molar-refractivity contribution in [2.24, 2.45) is 4.99 Å². The van der Waals surface area contributed by atoms with Gasteiger partial charge in [-0.05, 0) is 50.8 Å². The predicted molar refractivity (Wildman–Crippen MR) is 143 cm³/mol. The van der Waals surface area contributed by atoms with Crippen molar-refractivity contribution < 1.29 is 4.79 Å². The van der Waals surface area contributed by atoms with Gasteiger partial charge in [-0.2, -0.15) is 0 Å². The molecule has 180 valence electrons. The Balaban J connectivity index is 0.00000363. The molecular weight excluding hydrogens is 515 g/mol. The summed E-state index contributed by atoms with van der Waals surface area (Å²) < 4.78 is 0. The number of hydrogen-bond acceptors (Lipinski definition) is 4. The molecule has 0 spiro atoms. The molecule has 2 saturated heterocycles. The van der Waals surface area contributed by atoms with E-state index in [1.54, 1.807) is 4.90 Å². The maximum Gasteiger partial charge on any atom is 0.239 e. The second-order valence-corrected chi connectivity index (χ2v) is 8.91. The number of halogens is 1. The van der Waals surface area contributed by atoms with E-state index in [1.165, 1.54) is 18.4 Å². The lowest BCUT2D eigenvalue weighted by molar-refractivity contribution is -0.133. The first-order chi connectivity index (χ1) is 15.1. The first-order valence-corrected chi connectivity index (χ1v) is 11.8. The van der Waals surface area contributed by atoms with E-state index >= 15 is 0 Å². The molecule has 1 aromatic rings. The standard InChI is InChI=1S/C24H40N6O.HI/c1-25-24(26-14-9-17-29-15-8-13-22(29)23(31)28(2)3)27-18-21-12-7-16-30(21)19-20-10-5-4-6-11-20;/h4-6,10-11,21-22H,7-9,12-19H2,1-3H3,(H2,25,26,27);1H. The Morgan fingerprint density at radius 3 is 2.53 bits per heavy atom. The molecule has 32 heavy (non-hydrogen) atoms. The number of nitrogens with one attached hydrogen (secondary N) is 2. The topological polar surface area (TPSA) is 63.2 Å². The zero-order valence-electron chi connectivity index (χ0n) is 19.9. The SMILES string of the molecule is CN=C(NCCCN1CCCC1C(=O)N(C)C)NCC1CCCN1Cc1ccccc1.I. The van der Waals surface area contributed by atoms with E-state index in [1.807, 2.05) is 21.1 Å². The molecule has 8 heteroatoms. The van der Waals surface area contributed by atoms with Gasteiger partial charge in [0.2, 0.25) is 5.91 Å². The maximum atomic E-state index is 12.3. The molecule has 2 heterocycles. The van der Waals surface area contributed by atoms with Gasteiger partial charge in [-0.3, -0.25) is 19.6 Å². The molecule has 0 saturated carbocycles. The van der Waals surface area contributed by atoms with Crippen molar-refractivity contribution >= 4 is 35.8 Å². The predicted octanol–water partition coefficient (Wildman–Crippen LogP) is 2.38. The number of nitrogens with zero attached hydrogens (tertiary/aromatic N) is 4. The van der Waals surface area contributed by atoms with Crippen molar-refractivity contribution in [3.8, 4) is 0 Å². The summed E-state index contributed by atoms with van der Waals surface area (Å²) in [6.07, 6.45) is 5.58. The fourth-order valence-corrected chi connectivity index (χ4v) is 4.75. The van der Waals surface area contributed by atoms with Gasteiger partial charge in [0.15, 0.2) is 5.96 Å². The van der Waals surface area contributed by atoms with Crippen LogP contribution in [0.4, 0.5) is 0 Å². The number of rotatable bonds is 9. The minimum Gasteiger partial charge on any atom is -0.356 e. The van der Waals surface area contributed by atoms with Crippen LogP contribution >= 0.6 is 24.0 Å². The number of guanidine groups is 1. The summed E-state index contributed by atoms with van der Waals surface area (Å²) in [5, 5.41) is 6.97. The van der Waals surface area contributed by atoms with Crippen LogP contribution < -0.4 is 10.6 Å². The van der Waals surface area contributed by atoms with Gasteiger partial charge in [0.25, 0.3) is 0 Å². The Morgan fingerprint density at radius 1 is 1.09 bits per heavy atom. The number of benzene rings is 1. The molecular formula is C24H41IN6O. The first kappa shape index (κ1) is 26.9. The van der Waals surface area contributed by atoms with Crippen LogP contribution in [-0.4, -0.2) is 92.5 Å². The molecule has 0 aromatic heterocycles. The maximum absolute atomic E-state index is 12.3. The Hall–Kier alpha value is -1.39. The molecule has 0 radical (unpaired) electrons. The van der Waals surface area contributed by atoms with Crippen molar-refractivity contribution in [2.45, 2.75) is 50.7 Å². The molecule has 7 nitrogen and oxygen atoms in total. The highest BCUT2D eigenvalue weighted by Gasteiger charge is 2.31. The van der Waals surface area contributed by atoms with Crippen molar-refractivity contribution in [3.05, 3.63) is 35.9 Å². The number of carbonyl (C=O) groups excluding carboxylic acids is 1. The third-order valence-corrected chi connectivity index (χ3v) is 6.46. The minimum atomic E-state index is 0. The molecule has 2 aliphatic heterocycles. The summed E-state index contributed by atoms with van der Waals surface area (Å²) in [6.45, 7) is 5.92. The summed E-state index contributed by atoms with van der Waals surface area (Å²) in [4.78, 5) is 23.4. The van der Waals surface area contributed by atoms with Crippen LogP contribution in [0.5, 0.6) is 0 Å². The van der Waals surface area contributed by atoms with Crippen LogP contribution in [0.1, 0.15) is 37.7 Å². The molecule has 1 amide bonds. The summed E-state index contributed by atoms with van der Waals surface area (Å²) in [5.41, 5.74) is 1.38. The fraction of sp³-hybridized carbons (Fsp3) is 0.667. The Bertz CT molecular complexity index is 714. The summed E-state index contributed by atoms with van der Waals surface area (Å²) in [6, 6.07) is 11.3. The summed E-state index contributed by atoms with van der Waals surface area (Å²) >= 11 is 0. The molecule has 2 unspecified atom stereocenters. The zero-order chi connectivity index (χ0) is 22.1. The molecule has 0 aliphatic carbocycles. The van der Waals surface area contributed by atoms with Crippen molar-refractivity contribution in [1.82, 2.24) is 25.3 Å². The van der Waals surface area contributed by atoms with Crippen LogP contribution in [-0.2, 0) is 11.3 Å². The molecule has 1 aromatic carbocycles. The number of likely N-dealkylation sites (tertiary alicyclic amines) is 2. The van der Waals surface area contributed by atoms with Gasteiger partial charge in [-0.15, -0.1) is 24.0 Å². The van der Waals surface area contributed by atoms with Gasteiger partial charge in [0.05, 0.1) is 6.04 Å². The number of amides is 1. The van der Waals surface area contributed by atoms with Crippen LogP contribution in [0.25, 0.3) is 0 Å². The normalized spacial score (nSPS) is 21.9. The van der Waals surface area contributed by atoms with E-state index in [0.29, 0.717) is 6.04 Å². The second kappa shape index (κ2) is 14.0. The smallest absolute Gasteiger partial charge is 0.239 e. The van der Waals surface area contributed by atoms with E-state index in [4.69, 9.17) is 0 Å². The highest BCUT2D eigenvalue weighted by Crippen LogP contribution is 2.20. The van der Waals surface area contributed by atoms with E-state index < -0.39 is 0 Å². The van der Waals surface area contributed by atoms with E-state index in [2.05, 4.69) is 55.8 Å². The zero-order valence-corrected chi connectivity index (χ0v) is 22.3. The first-order valence-electron chi connectivity index (χ1n) is 11.8. The largest absolute Gasteiger partial charge is 0.356 e. The van der Waals surface area contributed by atoms with E-state index in [-0.39, 0.29) is 35.9 Å². The Morgan fingerprint density at radius 2 is 1.81 bits per heavy atom. The summed E-state index contributed by atoms with van der Waals surface area (Å²) in [5.74, 6) is 1.11. The Kier molecular flexibility index (Phi) is 11.7. The van der Waals surface area contributed by atoms with Crippen molar-refractivity contribution in [1.29, 1.82) is 0 Å². The average Bonchev–Trinajstić information content (AvgIpc) is 3.42. The van der Waals surface area contributed by atoms with Crippen molar-refractivity contribution in [3.63, 3.8) is 0 Å². The van der Waals surface area contributed by atoms with Crippen LogP contribution in [0.15, 0.2) is 35.3 Å². The molecule has 0 bridgehead atoms.